The van der Waals surface area contributed by atoms with E-state index in [0.29, 0.717) is 34.7 Å². The molecule has 0 aliphatic carbocycles. The predicted octanol–water partition coefficient (Wildman–Crippen LogP) is 2.77. The molecule has 2 rings (SSSR count). The molecule has 2 N–H and O–H groups in total. The number of nitrogens with two attached hydrogens (primary N) is 1. The molecular formula is C16H17BrN2O5S. The highest BCUT2D eigenvalue weighted by Crippen LogP contribution is 2.39. The van der Waals surface area contributed by atoms with Crippen LogP contribution in [-0.2, 0) is 9.59 Å². The molecule has 3 amide bonds. The molecule has 134 valence electrons. The van der Waals surface area contributed by atoms with Crippen LogP contribution < -0.4 is 15.2 Å². The first-order chi connectivity index (χ1) is 11.9. The summed E-state index contributed by atoms with van der Waals surface area (Å²) in [5, 5.41) is -0.523. The molecule has 25 heavy (non-hydrogen) atoms. The molecule has 0 aromatic heterocycles. The van der Waals surface area contributed by atoms with Crippen molar-refractivity contribution in [3.8, 4) is 11.5 Å². The molecule has 1 fully saturated rings. The van der Waals surface area contributed by atoms with Gasteiger partial charge in [0.25, 0.3) is 11.1 Å². The number of primary amides is 1. The largest absolute Gasteiger partial charge is 0.490 e. The minimum Gasteiger partial charge on any atom is -0.490 e. The van der Waals surface area contributed by atoms with Crippen molar-refractivity contribution in [3.05, 3.63) is 27.1 Å². The number of carbonyl (C=O) groups is 3. The van der Waals surface area contributed by atoms with Crippen LogP contribution in [0.5, 0.6) is 11.5 Å². The van der Waals surface area contributed by atoms with Gasteiger partial charge < -0.3 is 15.2 Å². The first kappa shape index (κ1) is 19.3. The summed E-state index contributed by atoms with van der Waals surface area (Å²) in [6.45, 7) is 4.21. The average molecular weight is 429 g/mol. The molecule has 1 aliphatic heterocycles. The number of carbonyl (C=O) groups excluding carboxylic acids is 3. The number of halogens is 1. The van der Waals surface area contributed by atoms with E-state index >= 15 is 0 Å². The Hall–Kier alpha value is -2.00. The van der Waals surface area contributed by atoms with Crippen LogP contribution >= 0.6 is 27.7 Å². The van der Waals surface area contributed by atoms with E-state index < -0.39 is 23.6 Å². The van der Waals surface area contributed by atoms with Gasteiger partial charge in [0.1, 0.15) is 6.54 Å². The monoisotopic (exact) mass is 428 g/mol. The van der Waals surface area contributed by atoms with Crippen LogP contribution in [0.3, 0.4) is 0 Å². The smallest absolute Gasteiger partial charge is 0.294 e. The molecule has 9 heteroatoms. The van der Waals surface area contributed by atoms with Crippen LogP contribution in [0.1, 0.15) is 19.4 Å². The molecule has 0 radical (unpaired) electrons. The maximum atomic E-state index is 12.3. The number of thioether (sulfide) groups is 1. The molecule has 1 aromatic rings. The van der Waals surface area contributed by atoms with Gasteiger partial charge in [-0.3, -0.25) is 19.3 Å². The lowest BCUT2D eigenvalue weighted by Crippen LogP contribution is -2.36. The van der Waals surface area contributed by atoms with Gasteiger partial charge in [-0.1, -0.05) is 0 Å². The maximum absolute atomic E-state index is 12.3. The van der Waals surface area contributed by atoms with Crippen molar-refractivity contribution in [2.24, 2.45) is 5.73 Å². The van der Waals surface area contributed by atoms with Crippen LogP contribution in [0, 0.1) is 0 Å². The van der Waals surface area contributed by atoms with Gasteiger partial charge in [-0.15, -0.1) is 0 Å². The fourth-order valence-electron chi connectivity index (χ4n) is 2.16. The molecule has 1 aliphatic rings. The Balaban J connectivity index is 2.36. The summed E-state index contributed by atoms with van der Waals surface area (Å²) in [6, 6.07) is 3.48. The summed E-state index contributed by atoms with van der Waals surface area (Å²) in [4.78, 5) is 36.1. The Labute approximate surface area is 157 Å². The Kier molecular flexibility index (Phi) is 6.49. The second kappa shape index (κ2) is 8.39. The van der Waals surface area contributed by atoms with Gasteiger partial charge in [-0.25, -0.2) is 0 Å². The van der Waals surface area contributed by atoms with Crippen molar-refractivity contribution in [1.29, 1.82) is 0 Å². The zero-order valence-corrected chi connectivity index (χ0v) is 16.1. The molecule has 0 unspecified atom stereocenters. The number of rotatable bonds is 7. The van der Waals surface area contributed by atoms with Gasteiger partial charge in [-0.05, 0) is 65.3 Å². The van der Waals surface area contributed by atoms with E-state index in [2.05, 4.69) is 15.9 Å². The standard InChI is InChI=1S/C16H17BrN2O5S/c1-3-23-11-6-9(5-10(17)14(11)24-4-2)7-12-15(21)19(8-13(18)20)16(22)25-12/h5-7H,3-4,8H2,1-2H3,(H2,18,20)/b12-7-. The molecule has 0 atom stereocenters. The fourth-order valence-corrected chi connectivity index (χ4v) is 3.57. The van der Waals surface area contributed by atoms with Gasteiger partial charge >= 0.3 is 0 Å². The van der Waals surface area contributed by atoms with Crippen molar-refractivity contribution in [2.45, 2.75) is 13.8 Å². The first-order valence-corrected chi connectivity index (χ1v) is 9.11. The minimum absolute atomic E-state index is 0.213. The van der Waals surface area contributed by atoms with E-state index in [-0.39, 0.29) is 4.91 Å². The van der Waals surface area contributed by atoms with Gasteiger partial charge in [0.2, 0.25) is 5.91 Å². The summed E-state index contributed by atoms with van der Waals surface area (Å²) in [6.07, 6.45) is 1.56. The normalized spacial score (nSPS) is 15.8. The quantitative estimate of drug-likeness (QED) is 0.670. The molecular weight excluding hydrogens is 412 g/mol. The molecule has 0 spiro atoms. The highest BCUT2D eigenvalue weighted by molar-refractivity contribution is 9.10. The van der Waals surface area contributed by atoms with Crippen molar-refractivity contribution in [2.75, 3.05) is 19.8 Å². The van der Waals surface area contributed by atoms with Crippen molar-refractivity contribution in [3.63, 3.8) is 0 Å². The SMILES string of the molecule is CCOc1cc(/C=C2\SC(=O)N(CC(N)=O)C2=O)cc(Br)c1OCC. The second-order valence-electron chi connectivity index (χ2n) is 4.93. The van der Waals surface area contributed by atoms with Gasteiger partial charge in [-0.2, -0.15) is 0 Å². The minimum atomic E-state index is -0.744. The summed E-state index contributed by atoms with van der Waals surface area (Å²) in [7, 11) is 0. The molecule has 7 nitrogen and oxygen atoms in total. The summed E-state index contributed by atoms with van der Waals surface area (Å²) in [5.41, 5.74) is 5.72. The Morgan fingerprint density at radius 3 is 2.56 bits per heavy atom. The molecule has 0 bridgehead atoms. The Bertz CT molecular complexity index is 750. The first-order valence-electron chi connectivity index (χ1n) is 7.50. The molecule has 0 saturated carbocycles. The number of benzene rings is 1. The van der Waals surface area contributed by atoms with Crippen molar-refractivity contribution >= 4 is 50.8 Å². The van der Waals surface area contributed by atoms with Crippen LogP contribution in [0.25, 0.3) is 6.08 Å². The van der Waals surface area contributed by atoms with Crippen LogP contribution in [0.2, 0.25) is 0 Å². The van der Waals surface area contributed by atoms with E-state index in [0.717, 1.165) is 16.7 Å². The van der Waals surface area contributed by atoms with E-state index in [1.807, 2.05) is 13.8 Å². The molecule has 1 aromatic carbocycles. The third kappa shape index (κ3) is 4.55. The third-order valence-corrected chi connectivity index (χ3v) is 4.60. The number of ether oxygens (including phenoxy) is 2. The predicted molar refractivity (Wildman–Crippen MR) is 98.4 cm³/mol. The summed E-state index contributed by atoms with van der Waals surface area (Å²) >= 11 is 4.19. The topological polar surface area (TPSA) is 98.9 Å². The second-order valence-corrected chi connectivity index (χ2v) is 6.78. The number of hydrogen-bond acceptors (Lipinski definition) is 6. The number of imide groups is 1. The van der Waals surface area contributed by atoms with Crippen LogP contribution in [-0.4, -0.2) is 41.7 Å². The maximum Gasteiger partial charge on any atom is 0.294 e. The van der Waals surface area contributed by atoms with Crippen LogP contribution in [0.4, 0.5) is 4.79 Å². The lowest BCUT2D eigenvalue weighted by molar-refractivity contribution is -0.127. The van der Waals surface area contributed by atoms with E-state index in [4.69, 9.17) is 15.2 Å². The van der Waals surface area contributed by atoms with Gasteiger partial charge in [0, 0.05) is 0 Å². The highest BCUT2D eigenvalue weighted by atomic mass is 79.9. The molecule has 1 heterocycles. The molecule has 1 saturated heterocycles. The van der Waals surface area contributed by atoms with Gasteiger partial charge in [0.05, 0.1) is 22.6 Å². The lowest BCUT2D eigenvalue weighted by Gasteiger charge is -2.13. The zero-order chi connectivity index (χ0) is 18.6. The van der Waals surface area contributed by atoms with E-state index in [9.17, 15) is 14.4 Å². The summed E-state index contributed by atoms with van der Waals surface area (Å²) in [5.74, 6) is -0.188. The third-order valence-electron chi connectivity index (χ3n) is 3.11. The zero-order valence-electron chi connectivity index (χ0n) is 13.7. The number of amides is 3. The van der Waals surface area contributed by atoms with Gasteiger partial charge in [0.15, 0.2) is 11.5 Å². The number of hydrogen-bond donors (Lipinski definition) is 1. The fraction of sp³-hybridized carbons (Fsp3) is 0.312. The van der Waals surface area contributed by atoms with E-state index in [1.54, 1.807) is 18.2 Å². The Morgan fingerprint density at radius 1 is 1.28 bits per heavy atom. The number of nitrogens with zero attached hydrogens (tertiary/aromatic N) is 1. The highest BCUT2D eigenvalue weighted by Gasteiger charge is 2.35. The lowest BCUT2D eigenvalue weighted by atomic mass is 10.2. The summed E-state index contributed by atoms with van der Waals surface area (Å²) < 4.78 is 11.8. The van der Waals surface area contributed by atoms with Crippen LogP contribution in [0.15, 0.2) is 21.5 Å². The van der Waals surface area contributed by atoms with Crippen molar-refractivity contribution in [1.82, 2.24) is 4.90 Å². The van der Waals surface area contributed by atoms with E-state index in [1.165, 1.54) is 0 Å². The van der Waals surface area contributed by atoms with Crippen molar-refractivity contribution < 1.29 is 23.9 Å². The Morgan fingerprint density at radius 2 is 1.96 bits per heavy atom. The average Bonchev–Trinajstić information content (AvgIpc) is 2.78.